The van der Waals surface area contributed by atoms with E-state index in [0.717, 1.165) is 19.3 Å². The third kappa shape index (κ3) is 5.49. The quantitative estimate of drug-likeness (QED) is 0.167. The van der Waals surface area contributed by atoms with Crippen molar-refractivity contribution >= 4 is 0 Å². The maximum absolute atomic E-state index is 15.0. The van der Waals surface area contributed by atoms with Gasteiger partial charge in [-0.15, -0.1) is 6.58 Å². The first-order chi connectivity index (χ1) is 17.4. The Labute approximate surface area is 209 Å². The van der Waals surface area contributed by atoms with Crippen LogP contribution in [0.4, 0.5) is 17.6 Å². The lowest BCUT2D eigenvalue weighted by atomic mass is 9.89. The van der Waals surface area contributed by atoms with Crippen LogP contribution in [0.5, 0.6) is 5.75 Å². The lowest BCUT2D eigenvalue weighted by molar-refractivity contribution is 0.0320. The van der Waals surface area contributed by atoms with Crippen molar-refractivity contribution in [3.8, 4) is 28.0 Å². The molecule has 2 nitrogen and oxygen atoms in total. The number of ether oxygens (including phenoxy) is 2. The Bertz CT molecular complexity index is 1200. The summed E-state index contributed by atoms with van der Waals surface area (Å²) >= 11 is 0. The lowest BCUT2D eigenvalue weighted by Gasteiger charge is -2.28. The second-order valence-electron chi connectivity index (χ2n) is 9.08. The van der Waals surface area contributed by atoms with Gasteiger partial charge in [0, 0.05) is 17.0 Å². The topological polar surface area (TPSA) is 18.5 Å². The Morgan fingerprint density at radius 2 is 1.47 bits per heavy atom. The average Bonchev–Trinajstić information content (AvgIpc) is 2.91. The summed E-state index contributed by atoms with van der Waals surface area (Å²) in [6.07, 6.45) is 5.78. The van der Waals surface area contributed by atoms with Crippen LogP contribution in [-0.2, 0) is 4.74 Å². The molecule has 0 bridgehead atoms. The molecule has 4 rings (SSSR count). The Morgan fingerprint density at radius 1 is 0.833 bits per heavy atom. The fraction of sp³-hybridized carbons (Fsp3) is 0.333. The predicted molar refractivity (Wildman–Crippen MR) is 134 cm³/mol. The van der Waals surface area contributed by atoms with Crippen molar-refractivity contribution in [3.63, 3.8) is 0 Å². The van der Waals surface area contributed by atoms with Gasteiger partial charge in [-0.3, -0.25) is 0 Å². The van der Waals surface area contributed by atoms with Gasteiger partial charge >= 0.3 is 0 Å². The van der Waals surface area contributed by atoms with Crippen LogP contribution in [0.3, 0.4) is 0 Å². The van der Waals surface area contributed by atoms with E-state index >= 15 is 4.39 Å². The van der Waals surface area contributed by atoms with Gasteiger partial charge in [-0.2, -0.15) is 4.39 Å². The van der Waals surface area contributed by atoms with Crippen molar-refractivity contribution in [1.82, 2.24) is 0 Å². The Kier molecular flexibility index (Phi) is 8.47. The second-order valence-corrected chi connectivity index (χ2v) is 9.08. The minimum Gasteiger partial charge on any atom is -0.490 e. The highest BCUT2D eigenvalue weighted by atomic mass is 19.2. The average molecular weight is 499 g/mol. The van der Waals surface area contributed by atoms with E-state index in [1.165, 1.54) is 12.1 Å². The Morgan fingerprint density at radius 3 is 2.06 bits per heavy atom. The van der Waals surface area contributed by atoms with Gasteiger partial charge in [0.1, 0.15) is 0 Å². The second kappa shape index (κ2) is 11.7. The van der Waals surface area contributed by atoms with E-state index in [1.807, 2.05) is 6.92 Å². The molecule has 0 N–H and O–H groups in total. The highest BCUT2D eigenvalue weighted by molar-refractivity contribution is 5.72. The molecule has 2 atom stereocenters. The number of rotatable bonds is 9. The summed E-state index contributed by atoms with van der Waals surface area (Å²) in [5.41, 5.74) is 1.32. The SMILES string of the molecule is C=CC1CCC(c2ccc(-c3ccc(-c4ccc(OCCCCC)c(F)c4F)cc3)c(F)c2F)CO1. The van der Waals surface area contributed by atoms with Crippen molar-refractivity contribution < 1.29 is 27.0 Å². The van der Waals surface area contributed by atoms with Crippen LogP contribution in [0.1, 0.15) is 50.5 Å². The van der Waals surface area contributed by atoms with E-state index in [0.29, 0.717) is 42.7 Å². The molecule has 3 aromatic carbocycles. The molecule has 3 aromatic rings. The molecular weight excluding hydrogens is 468 g/mol. The first-order valence-corrected chi connectivity index (χ1v) is 12.4. The largest absolute Gasteiger partial charge is 0.490 e. The zero-order chi connectivity index (χ0) is 25.7. The number of unbranched alkanes of at least 4 members (excludes halogenated alkanes) is 2. The molecule has 6 heteroatoms. The normalized spacial score (nSPS) is 17.7. The Hall–Kier alpha value is -3.12. The maximum atomic E-state index is 15.0. The fourth-order valence-corrected chi connectivity index (χ4v) is 4.54. The molecule has 0 radical (unpaired) electrons. The summed E-state index contributed by atoms with van der Waals surface area (Å²) in [4.78, 5) is 0. The number of halogens is 4. The van der Waals surface area contributed by atoms with E-state index in [4.69, 9.17) is 9.47 Å². The van der Waals surface area contributed by atoms with Crippen molar-refractivity contribution in [2.45, 2.75) is 51.0 Å². The minimum absolute atomic E-state index is 0.0558. The highest BCUT2D eigenvalue weighted by Crippen LogP contribution is 2.36. The molecular formula is C30H30F4O2. The third-order valence-corrected chi connectivity index (χ3v) is 6.69. The fourth-order valence-electron chi connectivity index (χ4n) is 4.54. The molecule has 1 aliphatic rings. The van der Waals surface area contributed by atoms with Gasteiger partial charge in [0.25, 0.3) is 0 Å². The van der Waals surface area contributed by atoms with E-state index in [2.05, 4.69) is 6.58 Å². The van der Waals surface area contributed by atoms with Crippen molar-refractivity contribution in [2.24, 2.45) is 0 Å². The zero-order valence-corrected chi connectivity index (χ0v) is 20.3. The Balaban J connectivity index is 1.52. The van der Waals surface area contributed by atoms with E-state index in [1.54, 1.807) is 42.5 Å². The summed E-state index contributed by atoms with van der Waals surface area (Å²) in [6.45, 7) is 6.39. The number of hydrogen-bond acceptors (Lipinski definition) is 2. The van der Waals surface area contributed by atoms with Crippen LogP contribution in [-0.4, -0.2) is 19.3 Å². The van der Waals surface area contributed by atoms with Gasteiger partial charge in [0.2, 0.25) is 5.82 Å². The molecule has 1 heterocycles. The molecule has 2 unspecified atom stereocenters. The van der Waals surface area contributed by atoms with Crippen molar-refractivity contribution in [2.75, 3.05) is 13.2 Å². The molecule has 1 aliphatic heterocycles. The molecule has 1 fully saturated rings. The van der Waals surface area contributed by atoms with Crippen molar-refractivity contribution in [1.29, 1.82) is 0 Å². The van der Waals surface area contributed by atoms with Crippen LogP contribution in [0.15, 0.2) is 61.2 Å². The monoisotopic (exact) mass is 498 g/mol. The summed E-state index contributed by atoms with van der Waals surface area (Å²) in [5, 5.41) is 0. The third-order valence-electron chi connectivity index (χ3n) is 6.69. The van der Waals surface area contributed by atoms with Gasteiger partial charge in [-0.1, -0.05) is 62.2 Å². The summed E-state index contributed by atoms with van der Waals surface area (Å²) < 4.78 is 70.3. The van der Waals surface area contributed by atoms with E-state index in [9.17, 15) is 13.2 Å². The zero-order valence-electron chi connectivity index (χ0n) is 20.3. The van der Waals surface area contributed by atoms with Crippen LogP contribution in [0.2, 0.25) is 0 Å². The van der Waals surface area contributed by atoms with Gasteiger partial charge in [0.05, 0.1) is 19.3 Å². The molecule has 0 saturated carbocycles. The van der Waals surface area contributed by atoms with E-state index < -0.39 is 23.3 Å². The maximum Gasteiger partial charge on any atom is 0.201 e. The van der Waals surface area contributed by atoms with Gasteiger partial charge in [-0.25, -0.2) is 13.2 Å². The van der Waals surface area contributed by atoms with Gasteiger partial charge in [-0.05, 0) is 48.1 Å². The highest BCUT2D eigenvalue weighted by Gasteiger charge is 2.26. The molecule has 0 spiro atoms. The first kappa shape index (κ1) is 26.0. The van der Waals surface area contributed by atoms with Gasteiger partial charge < -0.3 is 9.47 Å². The van der Waals surface area contributed by atoms with E-state index in [-0.39, 0.29) is 28.9 Å². The molecule has 0 aromatic heterocycles. The summed E-state index contributed by atoms with van der Waals surface area (Å²) in [7, 11) is 0. The van der Waals surface area contributed by atoms with Gasteiger partial charge in [0.15, 0.2) is 23.2 Å². The standard InChI is InChI=1S/C30H30F4O2/c1-3-5-6-17-35-26-16-15-24(29(33)30(26)34)20-9-7-19(8-10-20)23-13-14-25(28(32)27(23)31)21-11-12-22(4-2)36-18-21/h4,7-10,13-16,21-22H,2-3,5-6,11-12,17-18H2,1H3. The molecule has 190 valence electrons. The summed E-state index contributed by atoms with van der Waals surface area (Å²) in [6, 6.07) is 12.3. The predicted octanol–water partition coefficient (Wildman–Crippen LogP) is 8.59. The molecule has 0 amide bonds. The molecule has 36 heavy (non-hydrogen) atoms. The number of hydrogen-bond donors (Lipinski definition) is 0. The first-order valence-electron chi connectivity index (χ1n) is 12.4. The summed E-state index contributed by atoms with van der Waals surface area (Å²) in [5.74, 6) is -4.21. The van der Waals surface area contributed by atoms with Crippen LogP contribution in [0.25, 0.3) is 22.3 Å². The van der Waals surface area contributed by atoms with Crippen LogP contribution < -0.4 is 4.74 Å². The van der Waals surface area contributed by atoms with Crippen LogP contribution >= 0.6 is 0 Å². The van der Waals surface area contributed by atoms with Crippen molar-refractivity contribution in [3.05, 3.63) is 90.0 Å². The molecule has 1 saturated heterocycles. The molecule has 0 aliphatic carbocycles. The smallest absolute Gasteiger partial charge is 0.201 e. The van der Waals surface area contributed by atoms with Crippen LogP contribution in [0, 0.1) is 23.3 Å². The minimum atomic E-state index is -1.04. The lowest BCUT2D eigenvalue weighted by Crippen LogP contribution is -2.23. The number of benzene rings is 3.